The van der Waals surface area contributed by atoms with Crippen LogP contribution in [-0.4, -0.2) is 68.4 Å². The average molecular weight is 774 g/mol. The number of aromatic hydroxyl groups is 1. The molecule has 17 heteroatoms. The number of pyridine rings is 1. The molecule has 276 valence electrons. The molecule has 4 aliphatic rings. The lowest BCUT2D eigenvalue weighted by atomic mass is 9.49. The number of nitrogens with zero attached hydrogens (tertiary/aromatic N) is 3. The van der Waals surface area contributed by atoms with Crippen LogP contribution in [0.2, 0.25) is 10.0 Å². The zero-order chi connectivity index (χ0) is 38.1. The number of likely N-dealkylation sites (tertiary alicyclic amines) is 1. The first-order chi connectivity index (χ1) is 25.1. The number of carboxylic acid groups (broad SMARTS) is 1. The molecule has 0 radical (unpaired) electrons. The molecule has 3 fully saturated rings. The lowest BCUT2D eigenvalue weighted by Crippen LogP contribution is -2.53. The number of benzene rings is 2. The molecule has 2 aliphatic heterocycles. The fourth-order valence-electron chi connectivity index (χ4n) is 8.51. The van der Waals surface area contributed by atoms with Gasteiger partial charge in [-0.15, -0.1) is 0 Å². The first kappa shape index (κ1) is 36.2. The van der Waals surface area contributed by atoms with Gasteiger partial charge in [0.05, 0.1) is 47.3 Å². The predicted octanol–water partition coefficient (Wildman–Crippen LogP) is 5.58. The molecule has 3 N–H and O–H groups in total. The van der Waals surface area contributed by atoms with Crippen molar-refractivity contribution in [3.63, 3.8) is 0 Å². The van der Waals surface area contributed by atoms with E-state index < -0.39 is 93.6 Å². The van der Waals surface area contributed by atoms with Gasteiger partial charge in [0.15, 0.2) is 5.82 Å². The maximum Gasteiger partial charge on any atom is 0.417 e. The molecule has 6 atom stereocenters. The number of phenols is 1. The number of halogens is 5. The molecule has 3 aromatic rings. The van der Waals surface area contributed by atoms with Crippen molar-refractivity contribution < 1.29 is 52.1 Å². The van der Waals surface area contributed by atoms with Gasteiger partial charge in [-0.05, 0) is 48.6 Å². The fourth-order valence-corrected chi connectivity index (χ4v) is 8.85. The number of aromatic nitrogens is 1. The Morgan fingerprint density at radius 1 is 1.04 bits per heavy atom. The summed E-state index contributed by atoms with van der Waals surface area (Å²) < 4.78 is 45.6. The molecule has 1 saturated carbocycles. The number of carboxylic acids is 1. The van der Waals surface area contributed by atoms with Crippen LogP contribution in [0.4, 0.5) is 19.0 Å². The highest BCUT2D eigenvalue weighted by Crippen LogP contribution is 2.65. The zero-order valence-corrected chi connectivity index (χ0v) is 29.1. The third-order valence-corrected chi connectivity index (χ3v) is 11.3. The summed E-state index contributed by atoms with van der Waals surface area (Å²) in [5, 5.41) is 21.3. The monoisotopic (exact) mass is 772 g/mol. The van der Waals surface area contributed by atoms with Gasteiger partial charge in [-0.2, -0.15) is 18.2 Å². The molecule has 7 rings (SSSR count). The predicted molar refractivity (Wildman–Crippen MR) is 181 cm³/mol. The number of aliphatic carboxylic acids is 1. The number of fused-ring (bicyclic) bond motifs is 4. The van der Waals surface area contributed by atoms with E-state index in [9.17, 15) is 42.6 Å². The number of carbonyl (C=O) groups is 5. The van der Waals surface area contributed by atoms with Crippen LogP contribution in [0.5, 0.6) is 11.5 Å². The van der Waals surface area contributed by atoms with E-state index in [4.69, 9.17) is 27.9 Å². The number of hydrazine groups is 1. The molecule has 53 heavy (non-hydrogen) atoms. The number of imide groups is 2. The number of nitrogens with one attached hydrogen (secondary N) is 1. The van der Waals surface area contributed by atoms with Crippen molar-refractivity contribution in [2.24, 2.45) is 23.7 Å². The summed E-state index contributed by atoms with van der Waals surface area (Å²) in [6.45, 7) is -0.348. The maximum atomic E-state index is 15.2. The molecule has 2 saturated heterocycles. The smallest absolute Gasteiger partial charge is 0.417 e. The number of carbonyl (C=O) groups excluding carboxylic acids is 4. The third-order valence-electron chi connectivity index (χ3n) is 10.7. The molecule has 2 aliphatic carbocycles. The lowest BCUT2D eigenvalue weighted by molar-refractivity contribution is -0.143. The van der Waals surface area contributed by atoms with Gasteiger partial charge in [0.25, 0.3) is 11.8 Å². The minimum Gasteiger partial charge on any atom is -0.508 e. The Morgan fingerprint density at radius 3 is 2.38 bits per heavy atom. The van der Waals surface area contributed by atoms with E-state index in [1.807, 2.05) is 0 Å². The van der Waals surface area contributed by atoms with Gasteiger partial charge in [0, 0.05) is 35.3 Å². The third kappa shape index (κ3) is 5.68. The second-order valence-corrected chi connectivity index (χ2v) is 14.2. The SMILES string of the molecule is COc1ccc([C@H]2C3=CC[C@@H]4C(=O)N(CCC(=O)O)C(=O)[C@@H]4[C@@H]3C[C@H]3C(=O)N(Nc4ncc(C(F)(F)F)cc4Cl)C(=O)[C@@]23c2ccc(Cl)cc2)c(O)c1. The van der Waals surface area contributed by atoms with Crippen molar-refractivity contribution in [1.82, 2.24) is 14.9 Å². The van der Waals surface area contributed by atoms with Crippen LogP contribution in [0.3, 0.4) is 0 Å². The van der Waals surface area contributed by atoms with E-state index in [0.717, 1.165) is 4.90 Å². The molecule has 4 amide bonds. The standard InChI is InChI=1S/C36H29Cl2F3N4O8/c1-53-19-6-7-21(26(46)13-19)29-20-8-9-22-28(33(51)44(31(22)49)11-10-27(47)48)23(20)14-24-32(50)45(34(52)35(24,29)16-2-4-18(37)5-3-16)43-30-25(38)12-17(15-42-30)36(39,40)41/h2-8,12-13,15,22-24,28-29,46H,9-11,14H2,1H3,(H,42,43)(H,47,48)/t22-,23+,24-,28-,29+,35+/m0/s1. The van der Waals surface area contributed by atoms with E-state index in [2.05, 4.69) is 10.4 Å². The van der Waals surface area contributed by atoms with Crippen molar-refractivity contribution >= 4 is 58.6 Å². The Hall–Kier alpha value is -5.15. The lowest BCUT2D eigenvalue weighted by Gasteiger charge is -2.50. The molecule has 0 unspecified atom stereocenters. The fraction of sp³-hybridized carbons (Fsp3) is 0.333. The number of alkyl halides is 3. The highest BCUT2D eigenvalue weighted by molar-refractivity contribution is 6.33. The Kier molecular flexibility index (Phi) is 8.92. The van der Waals surface area contributed by atoms with Gasteiger partial charge >= 0.3 is 12.1 Å². The first-order valence-corrected chi connectivity index (χ1v) is 17.1. The molecule has 0 bridgehead atoms. The second kappa shape index (κ2) is 13.1. The van der Waals surface area contributed by atoms with Crippen LogP contribution in [0.25, 0.3) is 0 Å². The van der Waals surface area contributed by atoms with E-state index in [1.165, 1.54) is 31.4 Å². The van der Waals surface area contributed by atoms with Crippen molar-refractivity contribution in [3.05, 3.63) is 93.1 Å². The van der Waals surface area contributed by atoms with Crippen molar-refractivity contribution in [2.75, 3.05) is 19.1 Å². The van der Waals surface area contributed by atoms with Crippen LogP contribution in [-0.2, 0) is 35.6 Å². The van der Waals surface area contributed by atoms with Crippen molar-refractivity contribution in [3.8, 4) is 11.5 Å². The Morgan fingerprint density at radius 2 is 1.75 bits per heavy atom. The van der Waals surface area contributed by atoms with Crippen molar-refractivity contribution in [2.45, 2.75) is 36.8 Å². The zero-order valence-electron chi connectivity index (χ0n) is 27.6. The number of hydrogen-bond donors (Lipinski definition) is 3. The number of phenolic OH excluding ortho intramolecular Hbond substituents is 1. The van der Waals surface area contributed by atoms with Crippen molar-refractivity contribution in [1.29, 1.82) is 0 Å². The number of ether oxygens (including phenoxy) is 1. The van der Waals surface area contributed by atoms with Gasteiger partial charge in [-0.25, -0.2) is 4.98 Å². The molecular formula is C36H29Cl2F3N4O8. The normalized spacial score (nSPS) is 26.6. The summed E-state index contributed by atoms with van der Waals surface area (Å²) >= 11 is 12.5. The highest BCUT2D eigenvalue weighted by atomic mass is 35.5. The molecule has 2 aromatic carbocycles. The number of anilines is 1. The van der Waals surface area contributed by atoms with Gasteiger partial charge in [-0.3, -0.25) is 34.3 Å². The Balaban J connectivity index is 1.42. The number of methoxy groups -OCH3 is 1. The maximum absolute atomic E-state index is 15.2. The second-order valence-electron chi connectivity index (χ2n) is 13.3. The molecule has 1 aromatic heterocycles. The van der Waals surface area contributed by atoms with E-state index in [1.54, 1.807) is 24.3 Å². The summed E-state index contributed by atoms with van der Waals surface area (Å²) in [4.78, 5) is 73.5. The minimum absolute atomic E-state index is 0.0502. The summed E-state index contributed by atoms with van der Waals surface area (Å²) in [5.41, 5.74) is 0.512. The first-order valence-electron chi connectivity index (χ1n) is 16.4. The Bertz CT molecular complexity index is 2110. The topological polar surface area (TPSA) is 166 Å². The van der Waals surface area contributed by atoms with Gasteiger partial charge in [0.2, 0.25) is 11.8 Å². The number of hydrogen-bond acceptors (Lipinski definition) is 9. The molecular weight excluding hydrogens is 744 g/mol. The Labute approximate surface area is 309 Å². The number of rotatable bonds is 8. The summed E-state index contributed by atoms with van der Waals surface area (Å²) in [7, 11) is 1.39. The summed E-state index contributed by atoms with van der Waals surface area (Å²) in [6, 6.07) is 11.2. The van der Waals surface area contributed by atoms with E-state index in [0.29, 0.717) is 33.4 Å². The molecule has 0 spiro atoms. The summed E-state index contributed by atoms with van der Waals surface area (Å²) in [5.74, 6) is -9.66. The van der Waals surface area contributed by atoms with E-state index >= 15 is 4.79 Å². The highest BCUT2D eigenvalue weighted by Gasteiger charge is 2.70. The summed E-state index contributed by atoms with van der Waals surface area (Å²) in [6.07, 6.45) is -3.11. The van der Waals surface area contributed by atoms with Crippen LogP contribution >= 0.6 is 23.2 Å². The number of amides is 4. The number of allylic oxidation sites excluding steroid dienone is 2. The van der Waals surface area contributed by atoms with Crippen LogP contribution in [0.15, 0.2) is 66.4 Å². The van der Waals surface area contributed by atoms with Crippen LogP contribution < -0.4 is 10.2 Å². The van der Waals surface area contributed by atoms with E-state index in [-0.39, 0.29) is 36.4 Å². The van der Waals surface area contributed by atoms with Crippen LogP contribution in [0, 0.1) is 23.7 Å². The average Bonchev–Trinajstić information content (AvgIpc) is 3.48. The van der Waals surface area contributed by atoms with Gasteiger partial charge < -0.3 is 14.9 Å². The molecule has 3 heterocycles. The van der Waals surface area contributed by atoms with Gasteiger partial charge in [-0.1, -0.05) is 53.1 Å². The minimum atomic E-state index is -4.78. The van der Waals surface area contributed by atoms with Gasteiger partial charge in [0.1, 0.15) is 11.5 Å². The largest absolute Gasteiger partial charge is 0.508 e. The molecule has 12 nitrogen and oxygen atoms in total. The van der Waals surface area contributed by atoms with Crippen LogP contribution in [0.1, 0.15) is 41.9 Å². The quantitative estimate of drug-likeness (QED) is 0.194.